The Morgan fingerprint density at radius 1 is 1.50 bits per heavy atom. The lowest BCUT2D eigenvalue weighted by atomic mass is 10.2. The first kappa shape index (κ1) is 12.4. The van der Waals surface area contributed by atoms with Gasteiger partial charge in [0.05, 0.1) is 11.1 Å². The molecule has 2 heterocycles. The van der Waals surface area contributed by atoms with Crippen LogP contribution in [0.2, 0.25) is 5.15 Å². The summed E-state index contributed by atoms with van der Waals surface area (Å²) in [5.74, 6) is 0. The van der Waals surface area contributed by atoms with Crippen molar-refractivity contribution in [3.63, 3.8) is 0 Å². The SMILES string of the molecule is CCCn1cc(-c2ncnc(Cl)c2[N+](=O)[O-])cn1. The number of halogens is 1. The standard InChI is InChI=1S/C10H10ClN5O2/c1-2-3-15-5-7(4-14-15)8-9(16(17)18)10(11)13-6-12-8/h4-6H,2-3H2,1H3. The van der Waals surface area contributed by atoms with Crippen LogP contribution in [0.1, 0.15) is 13.3 Å². The maximum Gasteiger partial charge on any atom is 0.332 e. The number of hydrogen-bond acceptors (Lipinski definition) is 5. The van der Waals surface area contributed by atoms with E-state index in [-0.39, 0.29) is 16.5 Å². The quantitative estimate of drug-likeness (QED) is 0.482. The Balaban J connectivity index is 2.49. The maximum absolute atomic E-state index is 11.0. The average Bonchev–Trinajstić information content (AvgIpc) is 2.77. The van der Waals surface area contributed by atoms with Crippen molar-refractivity contribution >= 4 is 17.3 Å². The summed E-state index contributed by atoms with van der Waals surface area (Å²) in [5, 5.41) is 14.9. The fourth-order valence-corrected chi connectivity index (χ4v) is 1.77. The Kier molecular flexibility index (Phi) is 3.52. The Morgan fingerprint density at radius 3 is 2.94 bits per heavy atom. The van der Waals surface area contributed by atoms with Crippen LogP contribution in [-0.2, 0) is 6.54 Å². The van der Waals surface area contributed by atoms with Crippen molar-refractivity contribution < 1.29 is 4.92 Å². The van der Waals surface area contributed by atoms with Crippen LogP contribution in [0, 0.1) is 10.1 Å². The lowest BCUT2D eigenvalue weighted by Crippen LogP contribution is -1.98. The normalized spacial score (nSPS) is 10.6. The summed E-state index contributed by atoms with van der Waals surface area (Å²) < 4.78 is 1.70. The van der Waals surface area contributed by atoms with E-state index in [1.54, 1.807) is 10.9 Å². The van der Waals surface area contributed by atoms with Gasteiger partial charge in [-0.25, -0.2) is 9.97 Å². The molecule has 94 valence electrons. The third-order valence-electron chi connectivity index (χ3n) is 2.32. The summed E-state index contributed by atoms with van der Waals surface area (Å²) in [6, 6.07) is 0. The van der Waals surface area contributed by atoms with Crippen molar-refractivity contribution in [1.29, 1.82) is 0 Å². The lowest BCUT2D eigenvalue weighted by Gasteiger charge is -1.99. The molecule has 0 saturated heterocycles. The smallest absolute Gasteiger partial charge is 0.272 e. The van der Waals surface area contributed by atoms with Gasteiger partial charge in [-0.05, 0) is 6.42 Å². The Labute approximate surface area is 108 Å². The van der Waals surface area contributed by atoms with E-state index in [0.29, 0.717) is 5.56 Å². The molecule has 18 heavy (non-hydrogen) atoms. The summed E-state index contributed by atoms with van der Waals surface area (Å²) in [5.41, 5.74) is 0.442. The van der Waals surface area contributed by atoms with Crippen LogP contribution in [0.5, 0.6) is 0 Å². The second-order valence-corrected chi connectivity index (χ2v) is 3.97. The number of aromatic nitrogens is 4. The van der Waals surface area contributed by atoms with E-state index in [9.17, 15) is 10.1 Å². The molecule has 8 heteroatoms. The largest absolute Gasteiger partial charge is 0.332 e. The molecule has 0 atom stereocenters. The molecule has 0 bridgehead atoms. The van der Waals surface area contributed by atoms with Crippen LogP contribution >= 0.6 is 11.6 Å². The summed E-state index contributed by atoms with van der Waals surface area (Å²) in [6.45, 7) is 2.76. The first-order chi connectivity index (χ1) is 8.63. The van der Waals surface area contributed by atoms with E-state index in [4.69, 9.17) is 11.6 Å². The fourth-order valence-electron chi connectivity index (χ4n) is 1.57. The maximum atomic E-state index is 11.0. The zero-order chi connectivity index (χ0) is 13.1. The highest BCUT2D eigenvalue weighted by Crippen LogP contribution is 2.31. The number of hydrogen-bond donors (Lipinski definition) is 0. The van der Waals surface area contributed by atoms with Gasteiger partial charge in [0.2, 0.25) is 5.15 Å². The minimum Gasteiger partial charge on any atom is -0.272 e. The van der Waals surface area contributed by atoms with Crippen LogP contribution in [0.25, 0.3) is 11.3 Å². The Hall–Kier alpha value is -2.02. The van der Waals surface area contributed by atoms with Gasteiger partial charge in [-0.3, -0.25) is 14.8 Å². The first-order valence-corrected chi connectivity index (χ1v) is 5.69. The molecule has 2 aromatic rings. The molecular formula is C10H10ClN5O2. The fraction of sp³-hybridized carbons (Fsp3) is 0.300. The monoisotopic (exact) mass is 267 g/mol. The molecule has 0 fully saturated rings. The van der Waals surface area contributed by atoms with Crippen molar-refractivity contribution in [2.24, 2.45) is 0 Å². The molecule has 0 aromatic carbocycles. The van der Waals surface area contributed by atoms with Crippen LogP contribution in [-0.4, -0.2) is 24.7 Å². The topological polar surface area (TPSA) is 86.7 Å². The zero-order valence-electron chi connectivity index (χ0n) is 9.58. The lowest BCUT2D eigenvalue weighted by molar-refractivity contribution is -0.384. The zero-order valence-corrected chi connectivity index (χ0v) is 10.3. The van der Waals surface area contributed by atoms with Crippen molar-refractivity contribution in [2.75, 3.05) is 0 Å². The highest BCUT2D eigenvalue weighted by atomic mass is 35.5. The number of rotatable bonds is 4. The van der Waals surface area contributed by atoms with Gasteiger partial charge in [0.25, 0.3) is 0 Å². The molecule has 0 saturated carbocycles. The second-order valence-electron chi connectivity index (χ2n) is 3.61. The number of nitrogens with zero attached hydrogens (tertiary/aromatic N) is 5. The van der Waals surface area contributed by atoms with E-state index in [1.165, 1.54) is 12.5 Å². The third kappa shape index (κ3) is 2.30. The summed E-state index contributed by atoms with van der Waals surface area (Å²) >= 11 is 5.72. The van der Waals surface area contributed by atoms with Gasteiger partial charge in [0.15, 0.2) is 5.69 Å². The van der Waals surface area contributed by atoms with Gasteiger partial charge in [0.1, 0.15) is 6.33 Å². The minimum absolute atomic E-state index is 0.173. The van der Waals surface area contributed by atoms with E-state index in [0.717, 1.165) is 13.0 Å². The highest BCUT2D eigenvalue weighted by molar-refractivity contribution is 6.31. The molecule has 2 aromatic heterocycles. The van der Waals surface area contributed by atoms with Crippen LogP contribution in [0.15, 0.2) is 18.7 Å². The second kappa shape index (κ2) is 5.09. The molecule has 0 unspecified atom stereocenters. The predicted octanol–water partition coefficient (Wildman–Crippen LogP) is 2.31. The molecule has 2 rings (SSSR count). The van der Waals surface area contributed by atoms with Gasteiger partial charge in [-0.15, -0.1) is 0 Å². The van der Waals surface area contributed by atoms with E-state index in [1.807, 2.05) is 6.92 Å². The van der Waals surface area contributed by atoms with Gasteiger partial charge >= 0.3 is 5.69 Å². The van der Waals surface area contributed by atoms with Gasteiger partial charge in [0, 0.05) is 18.3 Å². The summed E-state index contributed by atoms with van der Waals surface area (Å²) in [6.07, 6.45) is 5.35. The van der Waals surface area contributed by atoms with Crippen LogP contribution < -0.4 is 0 Å². The average molecular weight is 268 g/mol. The van der Waals surface area contributed by atoms with Gasteiger partial charge < -0.3 is 0 Å². The molecule has 0 radical (unpaired) electrons. The molecule has 7 nitrogen and oxygen atoms in total. The Morgan fingerprint density at radius 2 is 2.28 bits per heavy atom. The van der Waals surface area contributed by atoms with Gasteiger partial charge in [-0.1, -0.05) is 18.5 Å². The Bertz CT molecular complexity index is 583. The molecule has 0 N–H and O–H groups in total. The van der Waals surface area contributed by atoms with Crippen LogP contribution in [0.3, 0.4) is 0 Å². The summed E-state index contributed by atoms with van der Waals surface area (Å²) in [4.78, 5) is 17.9. The van der Waals surface area contributed by atoms with Crippen LogP contribution in [0.4, 0.5) is 5.69 Å². The van der Waals surface area contributed by atoms with Crippen molar-refractivity contribution in [3.05, 3.63) is 34.0 Å². The number of nitro groups is 1. The molecule has 0 aliphatic carbocycles. The minimum atomic E-state index is -0.588. The molecule has 0 spiro atoms. The van der Waals surface area contributed by atoms with Crippen molar-refractivity contribution in [1.82, 2.24) is 19.7 Å². The summed E-state index contributed by atoms with van der Waals surface area (Å²) in [7, 11) is 0. The van der Waals surface area contributed by atoms with E-state index in [2.05, 4.69) is 15.1 Å². The highest BCUT2D eigenvalue weighted by Gasteiger charge is 2.23. The van der Waals surface area contributed by atoms with Gasteiger partial charge in [-0.2, -0.15) is 5.10 Å². The molecule has 0 aliphatic heterocycles. The van der Waals surface area contributed by atoms with E-state index >= 15 is 0 Å². The van der Waals surface area contributed by atoms with Crippen molar-refractivity contribution in [2.45, 2.75) is 19.9 Å². The first-order valence-electron chi connectivity index (χ1n) is 5.31. The molecular weight excluding hydrogens is 258 g/mol. The predicted molar refractivity (Wildman–Crippen MR) is 65.2 cm³/mol. The van der Waals surface area contributed by atoms with E-state index < -0.39 is 4.92 Å². The van der Waals surface area contributed by atoms with Crippen molar-refractivity contribution in [3.8, 4) is 11.3 Å². The molecule has 0 amide bonds. The third-order valence-corrected chi connectivity index (χ3v) is 2.60. The number of aryl methyl sites for hydroxylation is 1. The molecule has 0 aliphatic rings.